The average molecular weight is 448 g/mol. The first-order chi connectivity index (χ1) is 15.8. The molecular formula is C26H33N5S. The Morgan fingerprint density at radius 3 is 2.69 bits per heavy atom. The lowest BCUT2D eigenvalue weighted by Gasteiger charge is -2.21. The molecule has 0 radical (unpaired) electrons. The highest BCUT2D eigenvalue weighted by Gasteiger charge is 2.24. The normalized spacial score (nSPS) is 16.5. The molecule has 0 amide bonds. The highest BCUT2D eigenvalue weighted by molar-refractivity contribution is 7.99. The molecule has 0 spiro atoms. The van der Waals surface area contributed by atoms with E-state index in [2.05, 4.69) is 93.6 Å². The van der Waals surface area contributed by atoms with Gasteiger partial charge in [-0.15, -0.1) is 11.8 Å². The van der Waals surface area contributed by atoms with Crippen molar-refractivity contribution in [1.29, 1.82) is 0 Å². The van der Waals surface area contributed by atoms with Crippen LogP contribution in [0, 0.1) is 5.92 Å². The number of hydrogen-bond donors (Lipinski definition) is 1. The summed E-state index contributed by atoms with van der Waals surface area (Å²) in [6, 6.07) is 21.2. The first-order valence-electron chi connectivity index (χ1n) is 11.6. The van der Waals surface area contributed by atoms with Gasteiger partial charge in [0, 0.05) is 62.2 Å². The van der Waals surface area contributed by atoms with E-state index in [0.717, 1.165) is 56.7 Å². The summed E-state index contributed by atoms with van der Waals surface area (Å²) >= 11 is 1.97. The lowest BCUT2D eigenvalue weighted by molar-refractivity contribution is 0.474. The molecule has 1 aliphatic heterocycles. The van der Waals surface area contributed by atoms with Crippen LogP contribution in [-0.2, 0) is 13.0 Å². The topological polar surface area (TPSA) is 45.5 Å². The van der Waals surface area contributed by atoms with Crippen LogP contribution in [0.1, 0.15) is 24.7 Å². The van der Waals surface area contributed by atoms with Gasteiger partial charge in [0.1, 0.15) is 5.82 Å². The van der Waals surface area contributed by atoms with Crippen molar-refractivity contribution >= 4 is 17.7 Å². The van der Waals surface area contributed by atoms with E-state index in [1.165, 1.54) is 16.9 Å². The summed E-state index contributed by atoms with van der Waals surface area (Å²) in [5.74, 6) is 4.00. The van der Waals surface area contributed by atoms with Crippen LogP contribution < -0.4 is 5.32 Å². The molecule has 1 fully saturated rings. The number of hydrogen-bond acceptors (Lipinski definition) is 3. The number of guanidine groups is 1. The molecule has 1 aliphatic rings. The molecule has 2 heterocycles. The Kier molecular flexibility index (Phi) is 8.26. The van der Waals surface area contributed by atoms with E-state index in [-0.39, 0.29) is 0 Å². The average Bonchev–Trinajstić information content (AvgIpc) is 3.48. The Labute approximate surface area is 196 Å². The van der Waals surface area contributed by atoms with Gasteiger partial charge in [-0.2, -0.15) is 0 Å². The third-order valence-corrected chi connectivity index (χ3v) is 6.99. The number of likely N-dealkylation sites (tertiary alicyclic amines) is 1. The molecule has 6 heteroatoms. The molecule has 1 aromatic heterocycles. The van der Waals surface area contributed by atoms with E-state index in [9.17, 15) is 0 Å². The van der Waals surface area contributed by atoms with Crippen molar-refractivity contribution in [1.82, 2.24) is 19.8 Å². The summed E-state index contributed by atoms with van der Waals surface area (Å²) in [6.07, 6.45) is 6.02. The van der Waals surface area contributed by atoms with Crippen LogP contribution in [-0.4, -0.2) is 52.3 Å². The zero-order valence-corrected chi connectivity index (χ0v) is 19.7. The van der Waals surface area contributed by atoms with Crippen LogP contribution in [0.4, 0.5) is 0 Å². The van der Waals surface area contributed by atoms with Gasteiger partial charge in [0.05, 0.1) is 0 Å². The number of benzene rings is 2. The summed E-state index contributed by atoms with van der Waals surface area (Å²) in [4.78, 5) is 13.3. The van der Waals surface area contributed by atoms with Crippen LogP contribution in [0.25, 0.3) is 0 Å². The van der Waals surface area contributed by atoms with Gasteiger partial charge in [0.2, 0.25) is 0 Å². The van der Waals surface area contributed by atoms with Gasteiger partial charge in [0.15, 0.2) is 5.96 Å². The largest absolute Gasteiger partial charge is 0.357 e. The molecule has 0 aliphatic carbocycles. The molecule has 1 atom stereocenters. The maximum absolute atomic E-state index is 4.94. The number of aliphatic imine (C=N–C) groups is 1. The third-order valence-electron chi connectivity index (χ3n) is 5.74. The number of rotatable bonds is 9. The lowest BCUT2D eigenvalue weighted by atomic mass is 10.2. The third kappa shape index (κ3) is 6.39. The monoisotopic (exact) mass is 447 g/mol. The minimum absolute atomic E-state index is 0.703. The Bertz CT molecular complexity index is 970. The quantitative estimate of drug-likeness (QED) is 0.297. The summed E-state index contributed by atoms with van der Waals surface area (Å²) in [5.41, 5.74) is 1.29. The fourth-order valence-electron chi connectivity index (χ4n) is 4.07. The maximum atomic E-state index is 4.94. The molecule has 3 aromatic rings. The van der Waals surface area contributed by atoms with Crippen LogP contribution in [0.3, 0.4) is 0 Å². The number of aromatic nitrogens is 2. The highest BCUT2D eigenvalue weighted by atomic mass is 32.2. The Balaban J connectivity index is 1.30. The van der Waals surface area contributed by atoms with Gasteiger partial charge in [0.25, 0.3) is 0 Å². The second kappa shape index (κ2) is 11.8. The highest BCUT2D eigenvalue weighted by Crippen LogP contribution is 2.25. The Hall–Kier alpha value is -2.73. The van der Waals surface area contributed by atoms with Crippen molar-refractivity contribution in [3.8, 4) is 0 Å². The molecular weight excluding hydrogens is 414 g/mol. The molecule has 4 rings (SSSR count). The van der Waals surface area contributed by atoms with E-state index in [0.29, 0.717) is 5.92 Å². The molecule has 168 valence electrons. The van der Waals surface area contributed by atoms with Crippen LogP contribution in [0.2, 0.25) is 0 Å². The molecule has 1 N–H and O–H groups in total. The lowest BCUT2D eigenvalue weighted by Crippen LogP contribution is -2.40. The summed E-state index contributed by atoms with van der Waals surface area (Å²) < 4.78 is 2.23. The second-order valence-corrected chi connectivity index (χ2v) is 9.26. The molecule has 5 nitrogen and oxygen atoms in total. The van der Waals surface area contributed by atoms with Gasteiger partial charge in [-0.3, -0.25) is 4.99 Å². The zero-order valence-electron chi connectivity index (χ0n) is 18.9. The van der Waals surface area contributed by atoms with Crippen molar-refractivity contribution in [2.45, 2.75) is 31.2 Å². The fraction of sp³-hybridized carbons (Fsp3) is 0.385. The van der Waals surface area contributed by atoms with E-state index in [1.807, 2.05) is 18.0 Å². The van der Waals surface area contributed by atoms with E-state index >= 15 is 0 Å². The van der Waals surface area contributed by atoms with Crippen molar-refractivity contribution in [3.05, 3.63) is 84.4 Å². The molecule has 0 saturated carbocycles. The van der Waals surface area contributed by atoms with Crippen molar-refractivity contribution in [2.24, 2.45) is 10.9 Å². The van der Waals surface area contributed by atoms with Crippen LogP contribution in [0.5, 0.6) is 0 Å². The number of thioether (sulfide) groups is 1. The van der Waals surface area contributed by atoms with Crippen molar-refractivity contribution < 1.29 is 0 Å². The molecule has 1 saturated heterocycles. The maximum Gasteiger partial charge on any atom is 0.193 e. The summed E-state index contributed by atoms with van der Waals surface area (Å²) in [5, 5.41) is 3.50. The smallest absolute Gasteiger partial charge is 0.193 e. The first kappa shape index (κ1) is 22.5. The molecule has 32 heavy (non-hydrogen) atoms. The standard InChI is InChI=1S/C26H33N5S/c1-2-27-26(31-17-14-23(20-31)21-32-24-11-7-4-8-12-24)29-15-13-25-28-16-18-30(25)19-22-9-5-3-6-10-22/h3-12,16,18,23H,2,13-15,17,19-21H2,1H3,(H,27,29). The van der Waals surface area contributed by atoms with E-state index in [1.54, 1.807) is 0 Å². The fourth-order valence-corrected chi connectivity index (χ4v) is 5.12. The Morgan fingerprint density at radius 1 is 1.12 bits per heavy atom. The van der Waals surface area contributed by atoms with Crippen molar-refractivity contribution in [3.63, 3.8) is 0 Å². The SMILES string of the molecule is CCNC(=NCCc1nccn1Cc1ccccc1)N1CCC(CSc2ccccc2)C1. The minimum Gasteiger partial charge on any atom is -0.357 e. The second-order valence-electron chi connectivity index (χ2n) is 8.17. The predicted octanol–water partition coefficient (Wildman–Crippen LogP) is 4.55. The first-order valence-corrected chi connectivity index (χ1v) is 12.6. The van der Waals surface area contributed by atoms with E-state index in [4.69, 9.17) is 4.99 Å². The molecule has 0 bridgehead atoms. The molecule has 2 aromatic carbocycles. The Morgan fingerprint density at radius 2 is 1.91 bits per heavy atom. The number of nitrogens with zero attached hydrogens (tertiary/aromatic N) is 4. The summed E-state index contributed by atoms with van der Waals surface area (Å²) in [7, 11) is 0. The number of nitrogens with one attached hydrogen (secondary N) is 1. The minimum atomic E-state index is 0.703. The van der Waals surface area contributed by atoms with Crippen LogP contribution >= 0.6 is 11.8 Å². The van der Waals surface area contributed by atoms with Crippen molar-refractivity contribution in [2.75, 3.05) is 31.9 Å². The predicted molar refractivity (Wildman–Crippen MR) is 134 cm³/mol. The van der Waals surface area contributed by atoms with E-state index < -0.39 is 0 Å². The van der Waals surface area contributed by atoms with Gasteiger partial charge in [-0.1, -0.05) is 48.5 Å². The zero-order chi connectivity index (χ0) is 22.0. The molecule has 1 unspecified atom stereocenters. The van der Waals surface area contributed by atoms with Crippen LogP contribution in [0.15, 0.2) is 82.9 Å². The van der Waals surface area contributed by atoms with Gasteiger partial charge >= 0.3 is 0 Å². The number of imidazole rings is 1. The van der Waals surface area contributed by atoms with Gasteiger partial charge in [-0.25, -0.2) is 4.98 Å². The van der Waals surface area contributed by atoms with Gasteiger partial charge < -0.3 is 14.8 Å². The summed E-state index contributed by atoms with van der Waals surface area (Å²) in [6.45, 7) is 6.78. The van der Waals surface area contributed by atoms with Gasteiger partial charge in [-0.05, 0) is 37.0 Å².